The molecule has 6 nitrogen and oxygen atoms in total. The van der Waals surface area contributed by atoms with E-state index in [0.717, 1.165) is 11.4 Å². The topological polar surface area (TPSA) is 87.1 Å². The van der Waals surface area contributed by atoms with Crippen LogP contribution in [-0.2, 0) is 11.2 Å². The fourth-order valence-electron chi connectivity index (χ4n) is 1.85. The highest BCUT2D eigenvalue weighted by Crippen LogP contribution is 2.26. The van der Waals surface area contributed by atoms with Gasteiger partial charge in [-0.2, -0.15) is 4.98 Å². The summed E-state index contributed by atoms with van der Waals surface area (Å²) in [6.45, 7) is 7.29. The Hall–Kier alpha value is -1.31. The van der Waals surface area contributed by atoms with Gasteiger partial charge < -0.3 is 15.0 Å². The number of nitrogens with two attached hydrogens (primary N) is 1. The van der Waals surface area contributed by atoms with Crippen molar-refractivity contribution in [3.05, 3.63) is 16.2 Å². The molecule has 2 N–H and O–H groups in total. The van der Waals surface area contributed by atoms with Crippen LogP contribution in [0.4, 0.5) is 0 Å². The zero-order valence-electron chi connectivity index (χ0n) is 12.0. The highest BCUT2D eigenvalue weighted by Gasteiger charge is 2.23. The van der Waals surface area contributed by atoms with Crippen molar-refractivity contribution < 1.29 is 9.26 Å². The second kappa shape index (κ2) is 6.92. The van der Waals surface area contributed by atoms with E-state index in [1.807, 2.05) is 12.3 Å². The fourth-order valence-corrected chi connectivity index (χ4v) is 2.63. The number of hydrogen-bond acceptors (Lipinski definition) is 7. The summed E-state index contributed by atoms with van der Waals surface area (Å²) in [5.74, 6) is 1.29. The summed E-state index contributed by atoms with van der Waals surface area (Å²) < 4.78 is 11.0. The molecule has 0 fully saturated rings. The number of hydrogen-bond donors (Lipinski definition) is 1. The maximum atomic E-state index is 5.66. The smallest absolute Gasteiger partial charge is 0.277 e. The minimum Gasteiger partial charge on any atom is -0.370 e. The summed E-state index contributed by atoms with van der Waals surface area (Å²) in [5.41, 5.74) is 6.22. The van der Waals surface area contributed by atoms with E-state index in [0.29, 0.717) is 30.6 Å². The number of nitrogens with zero attached hydrogens (tertiary/aromatic N) is 3. The lowest BCUT2D eigenvalue weighted by Crippen LogP contribution is -2.12. The Morgan fingerprint density at radius 3 is 2.85 bits per heavy atom. The first-order valence-electron chi connectivity index (χ1n) is 6.75. The third-order valence-electron chi connectivity index (χ3n) is 2.78. The molecule has 1 atom stereocenters. The van der Waals surface area contributed by atoms with Crippen LogP contribution in [0.15, 0.2) is 9.90 Å². The zero-order chi connectivity index (χ0) is 14.5. The minimum absolute atomic E-state index is 0.153. The third kappa shape index (κ3) is 3.41. The van der Waals surface area contributed by atoms with Crippen molar-refractivity contribution in [2.24, 2.45) is 11.7 Å². The predicted octanol–water partition coefficient (Wildman–Crippen LogP) is 2.43. The molecule has 1 unspecified atom stereocenters. The maximum absolute atomic E-state index is 5.66. The Bertz CT molecular complexity index is 538. The molecular formula is C13H20N4O2S. The normalized spacial score (nSPS) is 13.1. The van der Waals surface area contributed by atoms with E-state index in [-0.39, 0.29) is 12.0 Å². The van der Waals surface area contributed by atoms with Crippen molar-refractivity contribution in [2.75, 3.05) is 13.2 Å². The van der Waals surface area contributed by atoms with E-state index in [1.165, 1.54) is 0 Å². The van der Waals surface area contributed by atoms with Crippen LogP contribution in [-0.4, -0.2) is 28.3 Å². The molecule has 0 spiro atoms. The van der Waals surface area contributed by atoms with Crippen molar-refractivity contribution in [2.45, 2.75) is 33.3 Å². The van der Waals surface area contributed by atoms with Crippen LogP contribution in [0.3, 0.4) is 0 Å². The van der Waals surface area contributed by atoms with Crippen molar-refractivity contribution >= 4 is 11.3 Å². The van der Waals surface area contributed by atoms with Crippen molar-refractivity contribution in [1.82, 2.24) is 15.1 Å². The molecule has 7 heteroatoms. The first-order valence-corrected chi connectivity index (χ1v) is 7.63. The summed E-state index contributed by atoms with van der Waals surface area (Å²) in [6.07, 6.45) is 0.610. The molecule has 2 aromatic heterocycles. The Balaban J connectivity index is 2.18. The molecular weight excluding hydrogens is 276 g/mol. The van der Waals surface area contributed by atoms with Gasteiger partial charge in [0.2, 0.25) is 5.82 Å². The summed E-state index contributed by atoms with van der Waals surface area (Å²) >= 11 is 1.55. The quantitative estimate of drug-likeness (QED) is 0.844. The fraction of sp³-hybridized carbons (Fsp3) is 0.615. The van der Waals surface area contributed by atoms with E-state index >= 15 is 0 Å². The number of ether oxygens (including phenoxy) is 1. The van der Waals surface area contributed by atoms with Crippen LogP contribution in [0.1, 0.15) is 37.7 Å². The number of aromatic nitrogens is 3. The van der Waals surface area contributed by atoms with Gasteiger partial charge in [-0.25, -0.2) is 4.98 Å². The first kappa shape index (κ1) is 15.1. The lowest BCUT2D eigenvalue weighted by Gasteiger charge is -2.16. The molecule has 0 aliphatic carbocycles. The predicted molar refractivity (Wildman–Crippen MR) is 77.4 cm³/mol. The maximum Gasteiger partial charge on any atom is 0.277 e. The van der Waals surface area contributed by atoms with Gasteiger partial charge in [0, 0.05) is 18.4 Å². The molecule has 20 heavy (non-hydrogen) atoms. The van der Waals surface area contributed by atoms with Crippen LogP contribution in [0.2, 0.25) is 0 Å². The highest BCUT2D eigenvalue weighted by molar-refractivity contribution is 7.09. The highest BCUT2D eigenvalue weighted by atomic mass is 32.1. The molecule has 0 aromatic carbocycles. The lowest BCUT2D eigenvalue weighted by atomic mass is 10.1. The Morgan fingerprint density at radius 1 is 1.40 bits per heavy atom. The van der Waals surface area contributed by atoms with Crippen LogP contribution >= 0.6 is 11.3 Å². The van der Waals surface area contributed by atoms with Crippen LogP contribution < -0.4 is 5.73 Å². The summed E-state index contributed by atoms with van der Waals surface area (Å²) in [7, 11) is 0. The van der Waals surface area contributed by atoms with Gasteiger partial charge in [-0.3, -0.25) is 0 Å². The Kier molecular flexibility index (Phi) is 5.22. The first-order chi connectivity index (χ1) is 9.65. The SMILES string of the molecule is CCOC(c1noc(-c2csc(CCN)n2)n1)C(C)C. The second-order valence-electron chi connectivity index (χ2n) is 4.74. The molecule has 2 rings (SSSR count). The van der Waals surface area contributed by atoms with E-state index in [4.69, 9.17) is 15.0 Å². The molecule has 110 valence electrons. The second-order valence-corrected chi connectivity index (χ2v) is 5.69. The molecule has 0 saturated heterocycles. The summed E-state index contributed by atoms with van der Waals surface area (Å²) in [5, 5.41) is 6.91. The molecule has 2 heterocycles. The number of thiazole rings is 1. The van der Waals surface area contributed by atoms with Crippen molar-refractivity contribution in [1.29, 1.82) is 0 Å². The van der Waals surface area contributed by atoms with Gasteiger partial charge in [-0.05, 0) is 19.4 Å². The molecule has 0 radical (unpaired) electrons. The van der Waals surface area contributed by atoms with Crippen molar-refractivity contribution in [3.63, 3.8) is 0 Å². The molecule has 2 aromatic rings. The molecule has 0 bridgehead atoms. The third-order valence-corrected chi connectivity index (χ3v) is 3.69. The minimum atomic E-state index is -0.153. The summed E-state index contributed by atoms with van der Waals surface area (Å²) in [4.78, 5) is 8.84. The Labute approximate surface area is 122 Å². The van der Waals surface area contributed by atoms with Gasteiger partial charge in [0.15, 0.2) is 0 Å². The largest absolute Gasteiger partial charge is 0.370 e. The number of rotatable bonds is 7. The van der Waals surface area contributed by atoms with Crippen molar-refractivity contribution in [3.8, 4) is 11.6 Å². The van der Waals surface area contributed by atoms with Gasteiger partial charge in [0.05, 0.1) is 5.01 Å². The monoisotopic (exact) mass is 296 g/mol. The molecule has 0 aliphatic rings. The average Bonchev–Trinajstić information content (AvgIpc) is 3.04. The molecule has 0 saturated carbocycles. The molecule has 0 amide bonds. The standard InChI is InChI=1S/C13H20N4O2S/c1-4-18-11(8(2)3)12-16-13(19-17-12)9-7-20-10(15-9)5-6-14/h7-8,11H,4-6,14H2,1-3H3. The molecule has 0 aliphatic heterocycles. The van der Waals surface area contributed by atoms with Gasteiger partial charge >= 0.3 is 0 Å². The average molecular weight is 296 g/mol. The lowest BCUT2D eigenvalue weighted by molar-refractivity contribution is 0.0217. The van der Waals surface area contributed by atoms with Crippen LogP contribution in [0.25, 0.3) is 11.6 Å². The van der Waals surface area contributed by atoms with Gasteiger partial charge in [-0.1, -0.05) is 19.0 Å². The van der Waals surface area contributed by atoms with E-state index in [1.54, 1.807) is 11.3 Å². The van der Waals surface area contributed by atoms with Crippen LogP contribution in [0, 0.1) is 5.92 Å². The van der Waals surface area contributed by atoms with E-state index < -0.39 is 0 Å². The van der Waals surface area contributed by atoms with Crippen LogP contribution in [0.5, 0.6) is 0 Å². The van der Waals surface area contributed by atoms with E-state index in [2.05, 4.69) is 29.0 Å². The summed E-state index contributed by atoms with van der Waals surface area (Å²) in [6, 6.07) is 0. The zero-order valence-corrected chi connectivity index (χ0v) is 12.8. The van der Waals surface area contributed by atoms with Gasteiger partial charge in [-0.15, -0.1) is 11.3 Å². The van der Waals surface area contributed by atoms with Gasteiger partial charge in [0.25, 0.3) is 5.89 Å². The van der Waals surface area contributed by atoms with E-state index in [9.17, 15) is 0 Å². The van der Waals surface area contributed by atoms with Gasteiger partial charge in [0.1, 0.15) is 11.8 Å². The Morgan fingerprint density at radius 2 is 2.20 bits per heavy atom.